The molecule has 0 aromatic heterocycles. The lowest BCUT2D eigenvalue weighted by Crippen LogP contribution is -2.02. The van der Waals surface area contributed by atoms with Crippen LogP contribution in [0.2, 0.25) is 0 Å². The second-order valence-electron chi connectivity index (χ2n) is 5.67. The Morgan fingerprint density at radius 3 is 1.88 bits per heavy atom. The molecule has 24 heavy (non-hydrogen) atoms. The zero-order valence-electron chi connectivity index (χ0n) is 12.7. The van der Waals surface area contributed by atoms with Crippen LogP contribution in [-0.4, -0.2) is 13.0 Å². The second kappa shape index (κ2) is 5.44. The zero-order chi connectivity index (χ0) is 16.7. The van der Waals surface area contributed by atoms with E-state index in [1.54, 1.807) is 18.2 Å². The van der Waals surface area contributed by atoms with E-state index in [1.807, 2.05) is 60.7 Å². The lowest BCUT2D eigenvalue weighted by Gasteiger charge is -2.13. The maximum absolute atomic E-state index is 12.1. The summed E-state index contributed by atoms with van der Waals surface area (Å²) in [5.74, 6) is 0. The van der Waals surface area contributed by atoms with Gasteiger partial charge in [0.05, 0.1) is 0 Å². The van der Waals surface area contributed by atoms with E-state index in [0.717, 1.165) is 21.7 Å². The van der Waals surface area contributed by atoms with Crippen molar-refractivity contribution < 1.29 is 13.0 Å². The summed E-state index contributed by atoms with van der Waals surface area (Å²) in [6.07, 6.45) is 0. The predicted octanol–water partition coefficient (Wildman–Crippen LogP) is 4.91. The first-order valence-electron chi connectivity index (χ1n) is 7.53. The Morgan fingerprint density at radius 2 is 1.17 bits per heavy atom. The maximum atomic E-state index is 12.1. The summed E-state index contributed by atoms with van der Waals surface area (Å²) in [5, 5.41) is 3.25. The van der Waals surface area contributed by atoms with Gasteiger partial charge in [-0.2, -0.15) is 8.42 Å². The Bertz CT molecular complexity index is 1170. The van der Waals surface area contributed by atoms with Gasteiger partial charge in [0, 0.05) is 10.9 Å². The van der Waals surface area contributed by atoms with E-state index >= 15 is 0 Å². The van der Waals surface area contributed by atoms with Gasteiger partial charge in [-0.25, -0.2) is 0 Å². The molecule has 118 valence electrons. The van der Waals surface area contributed by atoms with Gasteiger partial charge >= 0.3 is 0 Å². The van der Waals surface area contributed by atoms with Gasteiger partial charge in [-0.05, 0) is 21.7 Å². The molecule has 0 aliphatic rings. The highest BCUT2D eigenvalue weighted by Gasteiger charge is 2.21. The Hall–Kier alpha value is -2.69. The Kier molecular flexibility index (Phi) is 3.37. The molecule has 3 nitrogen and oxygen atoms in total. The average Bonchev–Trinajstić information content (AvgIpc) is 2.59. The summed E-state index contributed by atoms with van der Waals surface area (Å²) in [7, 11) is -4.38. The van der Waals surface area contributed by atoms with Crippen LogP contribution in [0.15, 0.2) is 83.8 Å². The zero-order valence-corrected chi connectivity index (χ0v) is 13.5. The summed E-state index contributed by atoms with van der Waals surface area (Å²) >= 11 is 0. The summed E-state index contributed by atoms with van der Waals surface area (Å²) in [4.78, 5) is -0.0445. The van der Waals surface area contributed by atoms with Gasteiger partial charge < -0.3 is 0 Å². The third-order valence-corrected chi connectivity index (χ3v) is 5.17. The molecule has 0 saturated heterocycles. The number of rotatable bonds is 2. The van der Waals surface area contributed by atoms with Crippen LogP contribution in [-0.2, 0) is 10.1 Å². The second-order valence-corrected chi connectivity index (χ2v) is 7.02. The standard InChI is InChI=1S/C20H14O3S/c21-24(22,23)20-17-10-4-2-7-15(17)12-13-19(20)18-11-5-8-14-6-1-3-9-16(14)18/h1-13H,(H,21,22,23). The van der Waals surface area contributed by atoms with E-state index in [4.69, 9.17) is 0 Å². The van der Waals surface area contributed by atoms with Gasteiger partial charge in [0.1, 0.15) is 4.90 Å². The van der Waals surface area contributed by atoms with Gasteiger partial charge in [-0.3, -0.25) is 4.55 Å². The van der Waals surface area contributed by atoms with Crippen LogP contribution in [0.1, 0.15) is 0 Å². The molecule has 0 saturated carbocycles. The lowest BCUT2D eigenvalue weighted by atomic mass is 9.96. The molecule has 0 fully saturated rings. The number of hydrogen-bond acceptors (Lipinski definition) is 2. The van der Waals surface area contributed by atoms with E-state index in [2.05, 4.69) is 0 Å². The fourth-order valence-corrected chi connectivity index (χ4v) is 4.11. The first kappa shape index (κ1) is 14.9. The van der Waals surface area contributed by atoms with E-state index in [-0.39, 0.29) is 4.90 Å². The third kappa shape index (κ3) is 2.37. The van der Waals surface area contributed by atoms with Crippen LogP contribution in [0.4, 0.5) is 0 Å². The summed E-state index contributed by atoms with van der Waals surface area (Å²) in [5.41, 5.74) is 1.29. The Morgan fingerprint density at radius 1 is 0.583 bits per heavy atom. The maximum Gasteiger partial charge on any atom is 0.295 e. The van der Waals surface area contributed by atoms with Crippen molar-refractivity contribution in [2.75, 3.05) is 0 Å². The Balaban J connectivity index is 2.18. The third-order valence-electron chi connectivity index (χ3n) is 4.22. The SMILES string of the molecule is O=S(=O)(O)c1c(-c2cccc3ccccc23)ccc2ccccc12. The molecule has 0 bridgehead atoms. The summed E-state index contributed by atoms with van der Waals surface area (Å²) in [6, 6.07) is 24.3. The topological polar surface area (TPSA) is 54.4 Å². The molecule has 0 aliphatic heterocycles. The molecule has 0 amide bonds. The predicted molar refractivity (Wildman–Crippen MR) is 96.7 cm³/mol. The fraction of sp³-hybridized carbons (Fsp3) is 0. The van der Waals surface area contributed by atoms with Gasteiger partial charge in [-0.15, -0.1) is 0 Å². The van der Waals surface area contributed by atoms with Gasteiger partial charge in [0.15, 0.2) is 0 Å². The van der Waals surface area contributed by atoms with E-state index in [9.17, 15) is 13.0 Å². The van der Waals surface area contributed by atoms with Gasteiger partial charge in [0.2, 0.25) is 0 Å². The Labute approximate surface area is 139 Å². The van der Waals surface area contributed by atoms with Crippen molar-refractivity contribution in [2.45, 2.75) is 4.90 Å². The molecule has 0 unspecified atom stereocenters. The van der Waals surface area contributed by atoms with Crippen LogP contribution < -0.4 is 0 Å². The van der Waals surface area contributed by atoms with Gasteiger partial charge in [0.25, 0.3) is 10.1 Å². The van der Waals surface area contributed by atoms with Crippen LogP contribution >= 0.6 is 0 Å². The van der Waals surface area contributed by atoms with E-state index in [1.165, 1.54) is 0 Å². The fourth-order valence-electron chi connectivity index (χ4n) is 3.19. The average molecular weight is 334 g/mol. The van der Waals surface area contributed by atoms with Crippen molar-refractivity contribution in [2.24, 2.45) is 0 Å². The first-order chi connectivity index (χ1) is 11.6. The van der Waals surface area contributed by atoms with Gasteiger partial charge in [-0.1, -0.05) is 78.9 Å². The molecule has 0 spiro atoms. The molecular weight excluding hydrogens is 320 g/mol. The number of benzene rings is 4. The number of hydrogen-bond donors (Lipinski definition) is 1. The molecular formula is C20H14O3S. The van der Waals surface area contributed by atoms with Crippen molar-refractivity contribution >= 4 is 31.7 Å². The van der Waals surface area contributed by atoms with Crippen molar-refractivity contribution in [3.05, 3.63) is 78.9 Å². The minimum atomic E-state index is -4.38. The van der Waals surface area contributed by atoms with Crippen molar-refractivity contribution in [3.63, 3.8) is 0 Å². The molecule has 4 heteroatoms. The van der Waals surface area contributed by atoms with E-state index < -0.39 is 10.1 Å². The molecule has 4 aromatic carbocycles. The molecule has 4 aromatic rings. The largest absolute Gasteiger partial charge is 0.295 e. The minimum absolute atomic E-state index is 0.0445. The normalized spacial score (nSPS) is 11.9. The lowest BCUT2D eigenvalue weighted by molar-refractivity contribution is 0.484. The van der Waals surface area contributed by atoms with Crippen LogP contribution in [0.25, 0.3) is 32.7 Å². The quantitative estimate of drug-likeness (QED) is 0.530. The monoisotopic (exact) mass is 334 g/mol. The summed E-state index contributed by atoms with van der Waals surface area (Å²) < 4.78 is 34.1. The molecule has 0 radical (unpaired) electrons. The van der Waals surface area contributed by atoms with Crippen molar-refractivity contribution in [1.82, 2.24) is 0 Å². The highest BCUT2D eigenvalue weighted by atomic mass is 32.2. The highest BCUT2D eigenvalue weighted by molar-refractivity contribution is 7.86. The first-order valence-corrected chi connectivity index (χ1v) is 8.97. The van der Waals surface area contributed by atoms with Crippen LogP contribution in [0, 0.1) is 0 Å². The summed E-state index contributed by atoms with van der Waals surface area (Å²) in [6.45, 7) is 0. The molecule has 0 heterocycles. The molecule has 0 atom stereocenters. The smallest absolute Gasteiger partial charge is 0.282 e. The number of fused-ring (bicyclic) bond motifs is 2. The molecule has 4 rings (SSSR count). The highest BCUT2D eigenvalue weighted by Crippen LogP contribution is 2.37. The minimum Gasteiger partial charge on any atom is -0.282 e. The molecule has 0 aliphatic carbocycles. The van der Waals surface area contributed by atoms with Crippen molar-refractivity contribution in [1.29, 1.82) is 0 Å². The van der Waals surface area contributed by atoms with Crippen LogP contribution in [0.5, 0.6) is 0 Å². The van der Waals surface area contributed by atoms with Crippen molar-refractivity contribution in [3.8, 4) is 11.1 Å². The van der Waals surface area contributed by atoms with E-state index in [0.29, 0.717) is 10.9 Å². The molecule has 1 N–H and O–H groups in total. The van der Waals surface area contributed by atoms with Crippen LogP contribution in [0.3, 0.4) is 0 Å².